The molecule has 1 aromatic carbocycles. The number of hydrogen-bond donors (Lipinski definition) is 2. The molecular formula is C12H16FNO2S. The van der Waals surface area contributed by atoms with Crippen LogP contribution in [0.2, 0.25) is 0 Å². The summed E-state index contributed by atoms with van der Waals surface area (Å²) >= 11 is 1.31. The lowest BCUT2D eigenvalue weighted by molar-refractivity contribution is -0.121. The second-order valence-electron chi connectivity index (χ2n) is 3.68. The Morgan fingerprint density at radius 1 is 1.53 bits per heavy atom. The van der Waals surface area contributed by atoms with E-state index in [-0.39, 0.29) is 24.4 Å². The van der Waals surface area contributed by atoms with E-state index in [1.165, 1.54) is 17.8 Å². The summed E-state index contributed by atoms with van der Waals surface area (Å²) in [6.45, 7) is 1.65. The molecule has 1 aromatic rings. The quantitative estimate of drug-likeness (QED) is 0.764. The summed E-state index contributed by atoms with van der Waals surface area (Å²) in [6, 6.07) is 6.25. The molecule has 0 aromatic heterocycles. The molecular weight excluding hydrogens is 241 g/mol. The summed E-state index contributed by atoms with van der Waals surface area (Å²) in [7, 11) is 0. The number of rotatable bonds is 6. The number of carbonyl (C=O) groups is 1. The van der Waals surface area contributed by atoms with E-state index in [0.29, 0.717) is 17.1 Å². The lowest BCUT2D eigenvalue weighted by Crippen LogP contribution is -2.35. The van der Waals surface area contributed by atoms with Gasteiger partial charge in [0, 0.05) is 23.1 Å². The van der Waals surface area contributed by atoms with Crippen LogP contribution in [0.25, 0.3) is 0 Å². The van der Waals surface area contributed by atoms with Crippen molar-refractivity contribution >= 4 is 17.7 Å². The molecule has 0 unspecified atom stereocenters. The zero-order chi connectivity index (χ0) is 12.7. The van der Waals surface area contributed by atoms with Crippen LogP contribution in [0.4, 0.5) is 4.39 Å². The van der Waals surface area contributed by atoms with Crippen LogP contribution in [0, 0.1) is 5.82 Å². The van der Waals surface area contributed by atoms with Gasteiger partial charge in [-0.1, -0.05) is 12.1 Å². The molecule has 0 fully saturated rings. The normalized spacial score (nSPS) is 12.2. The van der Waals surface area contributed by atoms with Gasteiger partial charge >= 0.3 is 0 Å². The number of benzene rings is 1. The highest BCUT2D eigenvalue weighted by molar-refractivity contribution is 7.99. The zero-order valence-electron chi connectivity index (χ0n) is 9.65. The van der Waals surface area contributed by atoms with E-state index >= 15 is 0 Å². The van der Waals surface area contributed by atoms with Crippen LogP contribution in [0.1, 0.15) is 13.3 Å². The van der Waals surface area contributed by atoms with E-state index in [1.807, 2.05) is 0 Å². The molecule has 5 heteroatoms. The number of amides is 1. The second kappa shape index (κ2) is 7.29. The molecule has 0 saturated carbocycles. The zero-order valence-corrected chi connectivity index (χ0v) is 10.5. The maximum atomic E-state index is 13.2. The summed E-state index contributed by atoms with van der Waals surface area (Å²) in [5.74, 6) is 0.127. The average Bonchev–Trinajstić information content (AvgIpc) is 2.31. The van der Waals surface area contributed by atoms with Gasteiger partial charge in [-0.05, 0) is 19.1 Å². The molecule has 1 atom stereocenters. The standard InChI is InChI=1S/C12H16FNO2S/c1-9(8-15)14-12(16)6-7-17-11-5-3-2-4-10(11)13/h2-5,9,15H,6-8H2,1H3,(H,14,16)/t9-/m1/s1. The van der Waals surface area contributed by atoms with Crippen molar-refractivity contribution in [3.63, 3.8) is 0 Å². The van der Waals surface area contributed by atoms with E-state index in [2.05, 4.69) is 5.32 Å². The lowest BCUT2D eigenvalue weighted by Gasteiger charge is -2.10. The van der Waals surface area contributed by atoms with Gasteiger partial charge < -0.3 is 10.4 Å². The fraction of sp³-hybridized carbons (Fsp3) is 0.417. The molecule has 0 bridgehead atoms. The first-order valence-corrected chi connectivity index (χ1v) is 6.39. The predicted octanol–water partition coefficient (Wildman–Crippen LogP) is 1.80. The van der Waals surface area contributed by atoms with Crippen molar-refractivity contribution in [1.82, 2.24) is 5.32 Å². The van der Waals surface area contributed by atoms with Crippen molar-refractivity contribution < 1.29 is 14.3 Å². The summed E-state index contributed by atoms with van der Waals surface area (Å²) < 4.78 is 13.2. The van der Waals surface area contributed by atoms with E-state index < -0.39 is 0 Å². The van der Waals surface area contributed by atoms with Crippen molar-refractivity contribution in [1.29, 1.82) is 0 Å². The number of hydrogen-bond acceptors (Lipinski definition) is 3. The molecule has 0 aliphatic carbocycles. The van der Waals surface area contributed by atoms with Crippen molar-refractivity contribution in [2.24, 2.45) is 0 Å². The third-order valence-electron chi connectivity index (χ3n) is 2.10. The second-order valence-corrected chi connectivity index (χ2v) is 4.82. The number of aliphatic hydroxyl groups is 1. The Labute approximate surface area is 104 Å². The van der Waals surface area contributed by atoms with Crippen LogP contribution >= 0.6 is 11.8 Å². The Balaban J connectivity index is 2.29. The van der Waals surface area contributed by atoms with Gasteiger partial charge in [0.2, 0.25) is 5.91 Å². The van der Waals surface area contributed by atoms with E-state index in [4.69, 9.17) is 5.11 Å². The first-order chi connectivity index (χ1) is 8.13. The van der Waals surface area contributed by atoms with Crippen LogP contribution < -0.4 is 5.32 Å². The highest BCUT2D eigenvalue weighted by Crippen LogP contribution is 2.21. The minimum Gasteiger partial charge on any atom is -0.394 e. The minimum absolute atomic E-state index is 0.0772. The first-order valence-electron chi connectivity index (χ1n) is 5.41. The van der Waals surface area contributed by atoms with Gasteiger partial charge in [0.25, 0.3) is 0 Å². The van der Waals surface area contributed by atoms with Gasteiger partial charge in [-0.3, -0.25) is 4.79 Å². The van der Waals surface area contributed by atoms with Gasteiger partial charge in [-0.2, -0.15) is 0 Å². The summed E-state index contributed by atoms with van der Waals surface area (Å²) in [4.78, 5) is 11.9. The molecule has 1 rings (SSSR count). The summed E-state index contributed by atoms with van der Waals surface area (Å²) in [6.07, 6.45) is 0.309. The Bertz CT molecular complexity index is 373. The van der Waals surface area contributed by atoms with Gasteiger partial charge in [-0.15, -0.1) is 11.8 Å². The van der Waals surface area contributed by atoms with E-state index in [0.717, 1.165) is 0 Å². The largest absolute Gasteiger partial charge is 0.394 e. The smallest absolute Gasteiger partial charge is 0.221 e. The average molecular weight is 257 g/mol. The monoisotopic (exact) mass is 257 g/mol. The fourth-order valence-electron chi connectivity index (χ4n) is 1.21. The van der Waals surface area contributed by atoms with E-state index in [1.54, 1.807) is 25.1 Å². The lowest BCUT2D eigenvalue weighted by atomic mass is 10.3. The van der Waals surface area contributed by atoms with Gasteiger partial charge in [0.15, 0.2) is 0 Å². The SMILES string of the molecule is C[C@H](CO)NC(=O)CCSc1ccccc1F. The molecule has 0 radical (unpaired) electrons. The maximum absolute atomic E-state index is 13.2. The Kier molecular flexibility index (Phi) is 6.00. The van der Waals surface area contributed by atoms with Gasteiger partial charge in [-0.25, -0.2) is 4.39 Å². The minimum atomic E-state index is -0.262. The Hall–Kier alpha value is -1.07. The van der Waals surface area contributed by atoms with Crippen LogP contribution in [0.15, 0.2) is 29.2 Å². The van der Waals surface area contributed by atoms with E-state index in [9.17, 15) is 9.18 Å². The number of carbonyl (C=O) groups excluding carboxylic acids is 1. The number of aliphatic hydroxyl groups excluding tert-OH is 1. The number of nitrogens with one attached hydrogen (secondary N) is 1. The van der Waals surface area contributed by atoms with Crippen molar-refractivity contribution in [2.75, 3.05) is 12.4 Å². The van der Waals surface area contributed by atoms with Gasteiger partial charge in [0.1, 0.15) is 5.82 Å². The topological polar surface area (TPSA) is 49.3 Å². The molecule has 0 aliphatic heterocycles. The Morgan fingerprint density at radius 2 is 2.24 bits per heavy atom. The first kappa shape index (κ1) is 14.0. The number of halogens is 1. The third kappa shape index (κ3) is 5.19. The van der Waals surface area contributed by atoms with Crippen LogP contribution in [-0.4, -0.2) is 29.4 Å². The van der Waals surface area contributed by atoms with Crippen LogP contribution in [-0.2, 0) is 4.79 Å². The molecule has 0 saturated heterocycles. The van der Waals surface area contributed by atoms with Crippen LogP contribution in [0.5, 0.6) is 0 Å². The van der Waals surface area contributed by atoms with Gasteiger partial charge in [0.05, 0.1) is 6.61 Å². The molecule has 0 aliphatic rings. The highest BCUT2D eigenvalue weighted by atomic mass is 32.2. The molecule has 0 spiro atoms. The van der Waals surface area contributed by atoms with Crippen molar-refractivity contribution in [2.45, 2.75) is 24.3 Å². The Morgan fingerprint density at radius 3 is 2.88 bits per heavy atom. The fourth-order valence-corrected chi connectivity index (χ4v) is 2.10. The molecule has 3 nitrogen and oxygen atoms in total. The maximum Gasteiger partial charge on any atom is 0.221 e. The molecule has 17 heavy (non-hydrogen) atoms. The van der Waals surface area contributed by atoms with Crippen LogP contribution in [0.3, 0.4) is 0 Å². The van der Waals surface area contributed by atoms with Crippen molar-refractivity contribution in [3.8, 4) is 0 Å². The van der Waals surface area contributed by atoms with Crippen molar-refractivity contribution in [3.05, 3.63) is 30.1 Å². The number of thioether (sulfide) groups is 1. The molecule has 1 amide bonds. The third-order valence-corrected chi connectivity index (χ3v) is 3.15. The molecule has 2 N–H and O–H groups in total. The predicted molar refractivity (Wildman–Crippen MR) is 66.4 cm³/mol. The highest BCUT2D eigenvalue weighted by Gasteiger charge is 2.07. The summed E-state index contributed by atoms with van der Waals surface area (Å²) in [5, 5.41) is 11.4. The summed E-state index contributed by atoms with van der Waals surface area (Å²) in [5.41, 5.74) is 0. The molecule has 94 valence electrons. The molecule has 0 heterocycles.